The summed E-state index contributed by atoms with van der Waals surface area (Å²) >= 11 is 0. The van der Waals surface area contributed by atoms with Gasteiger partial charge in [0.2, 0.25) is 5.88 Å². The SMILES string of the molecule is COc1ccc([C@@H](Oc2ccc3c(cnn3-c3ccc(F)cc3)c2)[C@H](Cc2ccccc2)NC(=O)C(C)(F)F)cn1. The van der Waals surface area contributed by atoms with Gasteiger partial charge in [0.25, 0.3) is 5.91 Å². The average molecular weight is 561 g/mol. The Morgan fingerprint density at radius 2 is 1.76 bits per heavy atom. The number of methoxy groups -OCH3 is 1. The molecule has 0 aliphatic rings. The molecule has 0 radical (unpaired) electrons. The van der Waals surface area contributed by atoms with Gasteiger partial charge in [-0.15, -0.1) is 0 Å². The lowest BCUT2D eigenvalue weighted by Crippen LogP contribution is -2.48. The van der Waals surface area contributed by atoms with Crippen molar-refractivity contribution in [2.24, 2.45) is 0 Å². The third-order valence-electron chi connectivity index (χ3n) is 6.55. The van der Waals surface area contributed by atoms with Gasteiger partial charge in [-0.3, -0.25) is 4.79 Å². The average Bonchev–Trinajstić information content (AvgIpc) is 3.39. The maximum atomic E-state index is 14.0. The lowest BCUT2D eigenvalue weighted by molar-refractivity contribution is -0.144. The number of pyridine rings is 1. The van der Waals surface area contributed by atoms with Crippen molar-refractivity contribution in [3.05, 3.63) is 114 Å². The molecule has 210 valence electrons. The Hall–Kier alpha value is -4.86. The summed E-state index contributed by atoms with van der Waals surface area (Å²) in [5.74, 6) is -4.56. The van der Waals surface area contributed by atoms with Crippen LogP contribution in [-0.4, -0.2) is 39.7 Å². The standard InChI is InChI=1S/C31H27F3N4O3/c1-31(33,34)30(39)37-26(16-20-6-4-3-5-7-20)29(21-8-15-28(40-2)35-18-21)41-25-13-14-27-22(17-25)19-36-38(27)24-11-9-23(32)10-12-24/h3-15,17-19,26,29H,16H2,1-2H3,(H,37,39)/t26-,29+/m0/s1. The zero-order chi connectivity index (χ0) is 29.0. The van der Waals surface area contributed by atoms with Crippen LogP contribution in [0, 0.1) is 5.82 Å². The first-order valence-electron chi connectivity index (χ1n) is 12.8. The number of benzene rings is 3. The topological polar surface area (TPSA) is 78.3 Å². The van der Waals surface area contributed by atoms with E-state index in [4.69, 9.17) is 9.47 Å². The zero-order valence-electron chi connectivity index (χ0n) is 22.3. The lowest BCUT2D eigenvalue weighted by Gasteiger charge is -2.30. The van der Waals surface area contributed by atoms with Crippen molar-refractivity contribution in [1.29, 1.82) is 0 Å². The van der Waals surface area contributed by atoms with Gasteiger partial charge in [0.15, 0.2) is 0 Å². The number of alkyl halides is 2. The minimum Gasteiger partial charge on any atom is -0.483 e. The summed E-state index contributed by atoms with van der Waals surface area (Å²) in [5.41, 5.74) is 2.81. The molecule has 0 aliphatic carbocycles. The maximum Gasteiger partial charge on any atom is 0.321 e. The Morgan fingerprint density at radius 1 is 1.00 bits per heavy atom. The number of rotatable bonds is 10. The van der Waals surface area contributed by atoms with E-state index >= 15 is 0 Å². The molecule has 0 spiro atoms. The molecule has 0 fully saturated rings. The molecule has 1 N–H and O–H groups in total. The second-order valence-electron chi connectivity index (χ2n) is 9.58. The quantitative estimate of drug-likeness (QED) is 0.224. The summed E-state index contributed by atoms with van der Waals surface area (Å²) in [7, 11) is 1.49. The first-order chi connectivity index (χ1) is 19.7. The molecule has 41 heavy (non-hydrogen) atoms. The van der Waals surface area contributed by atoms with Gasteiger partial charge in [-0.25, -0.2) is 14.1 Å². The van der Waals surface area contributed by atoms with Crippen LogP contribution >= 0.6 is 0 Å². The molecule has 2 atom stereocenters. The smallest absolute Gasteiger partial charge is 0.321 e. The maximum absolute atomic E-state index is 14.0. The van der Waals surface area contributed by atoms with Crippen molar-refractivity contribution in [3.63, 3.8) is 0 Å². The van der Waals surface area contributed by atoms with Gasteiger partial charge in [0.05, 0.1) is 30.6 Å². The molecule has 0 saturated heterocycles. The molecule has 2 aromatic heterocycles. The number of aromatic nitrogens is 3. The highest BCUT2D eigenvalue weighted by atomic mass is 19.3. The number of hydrogen-bond acceptors (Lipinski definition) is 5. The lowest BCUT2D eigenvalue weighted by atomic mass is 9.96. The Kier molecular flexibility index (Phi) is 7.91. The fourth-order valence-corrected chi connectivity index (χ4v) is 4.48. The summed E-state index contributed by atoms with van der Waals surface area (Å²) in [5, 5.41) is 7.66. The van der Waals surface area contributed by atoms with E-state index in [-0.39, 0.29) is 12.2 Å². The van der Waals surface area contributed by atoms with Crippen LogP contribution < -0.4 is 14.8 Å². The van der Waals surface area contributed by atoms with Crippen LogP contribution in [0.5, 0.6) is 11.6 Å². The molecule has 2 heterocycles. The summed E-state index contributed by atoms with van der Waals surface area (Å²) in [4.78, 5) is 16.8. The Bertz CT molecular complexity index is 1620. The molecule has 3 aromatic carbocycles. The van der Waals surface area contributed by atoms with E-state index in [1.807, 2.05) is 30.3 Å². The van der Waals surface area contributed by atoms with E-state index in [1.165, 1.54) is 25.4 Å². The van der Waals surface area contributed by atoms with Crippen LogP contribution in [0.2, 0.25) is 0 Å². The van der Waals surface area contributed by atoms with Gasteiger partial charge >= 0.3 is 5.92 Å². The van der Waals surface area contributed by atoms with Gasteiger partial charge in [0, 0.05) is 30.1 Å². The van der Waals surface area contributed by atoms with Gasteiger partial charge in [-0.05, 0) is 60.5 Å². The van der Waals surface area contributed by atoms with Crippen molar-refractivity contribution in [2.45, 2.75) is 31.4 Å². The highest BCUT2D eigenvalue weighted by Gasteiger charge is 2.37. The molecule has 1 amide bonds. The van der Waals surface area contributed by atoms with E-state index in [0.717, 1.165) is 16.5 Å². The Morgan fingerprint density at radius 3 is 2.41 bits per heavy atom. The van der Waals surface area contributed by atoms with Crippen LogP contribution in [0.1, 0.15) is 24.2 Å². The second kappa shape index (κ2) is 11.7. The molecule has 5 aromatic rings. The van der Waals surface area contributed by atoms with Crippen LogP contribution in [0.25, 0.3) is 16.6 Å². The fourth-order valence-electron chi connectivity index (χ4n) is 4.48. The predicted octanol–water partition coefficient (Wildman–Crippen LogP) is 6.07. The van der Waals surface area contributed by atoms with Crippen LogP contribution in [-0.2, 0) is 11.2 Å². The first-order valence-corrected chi connectivity index (χ1v) is 12.8. The number of nitrogens with zero attached hydrogens (tertiary/aromatic N) is 3. The van der Waals surface area contributed by atoms with Gasteiger partial charge in [-0.2, -0.15) is 13.9 Å². The third kappa shape index (κ3) is 6.49. The molecule has 5 rings (SSSR count). The zero-order valence-corrected chi connectivity index (χ0v) is 22.3. The summed E-state index contributed by atoms with van der Waals surface area (Å²) in [6, 6.07) is 22.9. The number of carbonyl (C=O) groups excluding carboxylic acids is 1. The second-order valence-corrected chi connectivity index (χ2v) is 9.58. The van der Waals surface area contributed by atoms with Gasteiger partial charge < -0.3 is 14.8 Å². The number of fused-ring (bicyclic) bond motifs is 1. The van der Waals surface area contributed by atoms with Crippen LogP contribution in [0.3, 0.4) is 0 Å². The van der Waals surface area contributed by atoms with Gasteiger partial charge in [-0.1, -0.05) is 30.3 Å². The minimum absolute atomic E-state index is 0.212. The number of halogens is 3. The van der Waals surface area contributed by atoms with E-state index in [9.17, 15) is 18.0 Å². The van der Waals surface area contributed by atoms with Crippen molar-refractivity contribution in [2.75, 3.05) is 7.11 Å². The minimum atomic E-state index is -3.59. The van der Waals surface area contributed by atoms with Crippen molar-refractivity contribution >= 4 is 16.8 Å². The highest BCUT2D eigenvalue weighted by Crippen LogP contribution is 2.31. The Balaban J connectivity index is 1.52. The summed E-state index contributed by atoms with van der Waals surface area (Å²) in [6.07, 6.45) is 2.49. The fraction of sp³-hybridized carbons (Fsp3) is 0.194. The van der Waals surface area contributed by atoms with Crippen molar-refractivity contribution < 1.29 is 27.4 Å². The van der Waals surface area contributed by atoms with E-state index in [2.05, 4.69) is 15.4 Å². The van der Waals surface area contributed by atoms with Crippen LogP contribution in [0.4, 0.5) is 13.2 Å². The molecule has 0 saturated carbocycles. The molecular formula is C31H27F3N4O3. The van der Waals surface area contributed by atoms with E-state index < -0.39 is 24.0 Å². The number of ether oxygens (including phenoxy) is 2. The van der Waals surface area contributed by atoms with E-state index in [1.54, 1.807) is 53.3 Å². The predicted molar refractivity (Wildman–Crippen MR) is 148 cm³/mol. The van der Waals surface area contributed by atoms with Crippen molar-refractivity contribution in [3.8, 4) is 17.3 Å². The largest absolute Gasteiger partial charge is 0.483 e. The summed E-state index contributed by atoms with van der Waals surface area (Å²) < 4.78 is 54.8. The molecule has 0 unspecified atom stereocenters. The summed E-state index contributed by atoms with van der Waals surface area (Å²) in [6.45, 7) is 0.555. The number of nitrogens with one attached hydrogen (secondary N) is 1. The molecule has 10 heteroatoms. The molecular weight excluding hydrogens is 533 g/mol. The number of carbonyl (C=O) groups is 1. The molecule has 0 aliphatic heterocycles. The third-order valence-corrected chi connectivity index (χ3v) is 6.55. The van der Waals surface area contributed by atoms with Crippen molar-refractivity contribution in [1.82, 2.24) is 20.1 Å². The highest BCUT2D eigenvalue weighted by molar-refractivity contribution is 5.83. The molecule has 7 nitrogen and oxygen atoms in total. The normalized spacial score (nSPS) is 13.0. The number of amides is 1. The molecule has 0 bridgehead atoms. The van der Waals surface area contributed by atoms with E-state index in [0.29, 0.717) is 29.8 Å². The van der Waals surface area contributed by atoms with Crippen LogP contribution in [0.15, 0.2) is 97.3 Å². The first kappa shape index (κ1) is 27.7. The number of hydrogen-bond donors (Lipinski definition) is 1. The van der Waals surface area contributed by atoms with Gasteiger partial charge in [0.1, 0.15) is 17.7 Å². The Labute approximate surface area is 234 Å². The monoisotopic (exact) mass is 560 g/mol.